The fourth-order valence-electron chi connectivity index (χ4n) is 4.51. The molecule has 1 heterocycles. The molecule has 0 fully saturated rings. The van der Waals surface area contributed by atoms with Crippen LogP contribution in [0.3, 0.4) is 0 Å². The Kier molecular flexibility index (Phi) is 11.2. The van der Waals surface area contributed by atoms with E-state index in [1.165, 1.54) is 0 Å². The molecule has 5 aromatic rings. The second-order valence-electron chi connectivity index (χ2n) is 9.24. The average molecular weight is 688 g/mol. The topological polar surface area (TPSA) is 18.0 Å². The molecule has 0 saturated carbocycles. The van der Waals surface area contributed by atoms with Crippen LogP contribution in [0.2, 0.25) is 30.1 Å². The number of hydrogen-bond acceptors (Lipinski definition) is 1. The molecule has 0 N–H and O–H groups in total. The first-order valence-corrected chi connectivity index (χ1v) is 14.7. The van der Waals surface area contributed by atoms with Gasteiger partial charge in [-0.25, -0.2) is 9.13 Å². The predicted molar refractivity (Wildman–Crippen MR) is 166 cm³/mol. The maximum Gasteiger partial charge on any atom is 0.244 e. The van der Waals surface area contributed by atoms with Crippen LogP contribution in [0.25, 0.3) is 0 Å². The lowest BCUT2D eigenvalue weighted by Gasteiger charge is -2.15. The fourth-order valence-corrected chi connectivity index (χ4v) is 5.79. The summed E-state index contributed by atoms with van der Waals surface area (Å²) >= 11 is 37.6. The Labute approximate surface area is 275 Å². The van der Waals surface area contributed by atoms with Gasteiger partial charge >= 0.3 is 0 Å². The Morgan fingerprint density at radius 1 is 0.683 bits per heavy atom. The van der Waals surface area contributed by atoms with Gasteiger partial charge in [0.25, 0.3) is 0 Å². The second kappa shape index (κ2) is 14.4. The molecule has 0 amide bonds. The Morgan fingerprint density at radius 3 is 1.88 bits per heavy atom. The first-order valence-electron chi connectivity index (χ1n) is 12.4. The van der Waals surface area contributed by atoms with Crippen LogP contribution in [0.4, 0.5) is 0 Å². The highest BCUT2D eigenvalue weighted by atomic mass is 35.5. The Hall–Kier alpha value is -2.08. The molecule has 0 radical (unpaired) electrons. The van der Waals surface area contributed by atoms with Gasteiger partial charge in [-0.2, -0.15) is 0 Å². The lowest BCUT2D eigenvalue weighted by Crippen LogP contribution is -3.00. The van der Waals surface area contributed by atoms with Crippen LogP contribution in [0.1, 0.15) is 28.3 Å². The van der Waals surface area contributed by atoms with E-state index in [4.69, 9.17) is 74.3 Å². The molecule has 0 aliphatic rings. The van der Waals surface area contributed by atoms with E-state index in [0.29, 0.717) is 48.9 Å². The van der Waals surface area contributed by atoms with Crippen molar-refractivity contribution in [1.82, 2.24) is 4.57 Å². The molecule has 1 aromatic heterocycles. The molecule has 0 spiro atoms. The van der Waals surface area contributed by atoms with Gasteiger partial charge in [0.05, 0.1) is 6.54 Å². The molecule has 0 atom stereocenters. The Morgan fingerprint density at radius 2 is 1.27 bits per heavy atom. The zero-order valence-corrected chi connectivity index (χ0v) is 26.7. The molecule has 0 unspecified atom stereocenters. The van der Waals surface area contributed by atoms with Gasteiger partial charge in [0, 0.05) is 58.8 Å². The summed E-state index contributed by atoms with van der Waals surface area (Å²) in [5, 5.41) is 3.53. The zero-order chi connectivity index (χ0) is 28.2. The highest BCUT2D eigenvalue weighted by Gasteiger charge is 2.22. The molecule has 5 rings (SSSR count). The first-order chi connectivity index (χ1) is 19.3. The normalized spacial score (nSPS) is 11.0. The number of imidazole rings is 1. The van der Waals surface area contributed by atoms with E-state index < -0.39 is 0 Å². The van der Waals surface area contributed by atoms with Gasteiger partial charge in [0.15, 0.2) is 6.04 Å². The molecule has 212 valence electrons. The van der Waals surface area contributed by atoms with E-state index in [2.05, 4.69) is 21.7 Å². The van der Waals surface area contributed by atoms with Crippen molar-refractivity contribution < 1.29 is 21.7 Å². The van der Waals surface area contributed by atoms with Crippen LogP contribution in [0.5, 0.6) is 5.75 Å². The maximum atomic E-state index is 6.63. The molecular weight excluding hydrogens is 665 g/mol. The van der Waals surface area contributed by atoms with Crippen LogP contribution in [-0.2, 0) is 19.6 Å². The van der Waals surface area contributed by atoms with Crippen LogP contribution in [0.15, 0.2) is 97.6 Å². The molecule has 0 bridgehead atoms. The van der Waals surface area contributed by atoms with Crippen molar-refractivity contribution in [3.05, 3.63) is 150 Å². The third-order valence-electron chi connectivity index (χ3n) is 6.52. The van der Waals surface area contributed by atoms with E-state index in [1.54, 1.807) is 24.3 Å². The third-order valence-corrected chi connectivity index (χ3v) is 8.17. The fraction of sp³-hybridized carbons (Fsp3) is 0.129. The van der Waals surface area contributed by atoms with E-state index in [9.17, 15) is 0 Å². The number of aryl methyl sites for hydroxylation is 1. The van der Waals surface area contributed by atoms with Crippen LogP contribution in [0, 0.1) is 0 Å². The van der Waals surface area contributed by atoms with Gasteiger partial charge < -0.3 is 17.1 Å². The summed E-state index contributed by atoms with van der Waals surface area (Å²) in [6.07, 6.45) is 6.79. The highest BCUT2D eigenvalue weighted by molar-refractivity contribution is 6.36. The van der Waals surface area contributed by atoms with Crippen molar-refractivity contribution >= 4 is 69.6 Å². The molecule has 4 aromatic carbocycles. The van der Waals surface area contributed by atoms with Crippen molar-refractivity contribution in [3.63, 3.8) is 0 Å². The van der Waals surface area contributed by atoms with E-state index >= 15 is 0 Å². The number of nitrogens with zero attached hydrogens (tertiary/aromatic N) is 2. The summed E-state index contributed by atoms with van der Waals surface area (Å²) in [7, 11) is 0. The summed E-state index contributed by atoms with van der Waals surface area (Å²) in [6, 6.07) is 24.5. The summed E-state index contributed by atoms with van der Waals surface area (Å²) in [6.45, 7) is 0.924. The minimum atomic E-state index is -0.0575. The Balaban J connectivity index is 0.00000387. The Bertz CT molecular complexity index is 1570. The molecule has 0 aliphatic heterocycles. The minimum Gasteiger partial charge on any atom is -1.00 e. The summed E-state index contributed by atoms with van der Waals surface area (Å²) in [4.78, 5) is 0. The van der Waals surface area contributed by atoms with Crippen LogP contribution in [-0.4, -0.2) is 4.57 Å². The summed E-state index contributed by atoms with van der Waals surface area (Å²) in [5.74, 6) is 0.615. The number of hydrogen-bond donors (Lipinski definition) is 0. The standard InChI is InChI=1S/C31H23Cl6N2O.ClH/c32-23-6-1-20(2-7-23)31(21-3-8-24(33)9-4-21)39-14-13-38(19-39)12-11-27-29(37)16-26(35)17-30(27)40-18-22-5-10-25(34)15-28(22)36;/h1-10,13-17,19,31H,11-12,18H2;1H/q+1;/p-1. The quantitative estimate of drug-likeness (QED) is 0.151. The molecular formula is C31H23Cl7N2O. The van der Waals surface area contributed by atoms with Crippen LogP contribution < -0.4 is 21.7 Å². The maximum absolute atomic E-state index is 6.63. The van der Waals surface area contributed by atoms with Crippen molar-refractivity contribution in [2.75, 3.05) is 0 Å². The number of benzene rings is 4. The molecule has 10 heteroatoms. The minimum absolute atomic E-state index is 0. The van der Waals surface area contributed by atoms with Gasteiger partial charge in [-0.15, -0.1) is 0 Å². The molecule has 41 heavy (non-hydrogen) atoms. The average Bonchev–Trinajstić information content (AvgIpc) is 3.38. The van der Waals surface area contributed by atoms with Gasteiger partial charge in [-0.3, -0.25) is 0 Å². The number of halogens is 7. The number of ether oxygens (including phenoxy) is 1. The second-order valence-corrected chi connectivity index (χ2v) is 11.8. The number of rotatable bonds is 9. The van der Waals surface area contributed by atoms with Gasteiger partial charge in [0.2, 0.25) is 6.33 Å². The van der Waals surface area contributed by atoms with E-state index in [1.807, 2.05) is 60.8 Å². The highest BCUT2D eigenvalue weighted by Crippen LogP contribution is 2.33. The number of aromatic nitrogens is 2. The monoisotopic (exact) mass is 684 g/mol. The van der Waals surface area contributed by atoms with Crippen molar-refractivity contribution in [1.29, 1.82) is 0 Å². The first kappa shape index (κ1) is 31.8. The molecule has 0 saturated heterocycles. The van der Waals surface area contributed by atoms with Crippen molar-refractivity contribution in [2.45, 2.75) is 25.6 Å². The van der Waals surface area contributed by atoms with Crippen LogP contribution >= 0.6 is 69.6 Å². The zero-order valence-electron chi connectivity index (χ0n) is 21.4. The van der Waals surface area contributed by atoms with Gasteiger partial charge in [-0.1, -0.05) is 99.9 Å². The van der Waals surface area contributed by atoms with Gasteiger partial charge in [0.1, 0.15) is 24.8 Å². The lowest BCUT2D eigenvalue weighted by atomic mass is 9.98. The molecule has 3 nitrogen and oxygen atoms in total. The third kappa shape index (κ3) is 8.06. The summed E-state index contributed by atoms with van der Waals surface area (Å²) in [5.41, 5.74) is 3.89. The SMILES string of the molecule is Clc1ccc(C(c2ccc(Cl)cc2)[n+]2ccn(CCc3c(Cl)cc(Cl)cc3OCc3ccc(Cl)cc3Cl)c2)cc1.[Cl-]. The molecule has 0 aliphatic carbocycles. The van der Waals surface area contributed by atoms with Crippen molar-refractivity contribution in [2.24, 2.45) is 0 Å². The van der Waals surface area contributed by atoms with Crippen molar-refractivity contribution in [3.8, 4) is 5.75 Å². The van der Waals surface area contributed by atoms with E-state index in [0.717, 1.165) is 22.3 Å². The predicted octanol–water partition coefficient (Wildman–Crippen LogP) is 7.16. The smallest absolute Gasteiger partial charge is 0.244 e. The lowest BCUT2D eigenvalue weighted by molar-refractivity contribution is -0.704. The summed E-state index contributed by atoms with van der Waals surface area (Å²) < 4.78 is 10.4. The van der Waals surface area contributed by atoms with Gasteiger partial charge in [-0.05, 0) is 48.5 Å². The van der Waals surface area contributed by atoms with E-state index in [-0.39, 0.29) is 25.1 Å². The largest absolute Gasteiger partial charge is 1.00 e.